The number of alkyl halides is 1. The van der Waals surface area contributed by atoms with Gasteiger partial charge in [0.25, 0.3) is 5.91 Å². The van der Waals surface area contributed by atoms with Crippen molar-refractivity contribution in [2.24, 2.45) is 11.8 Å². The topological polar surface area (TPSA) is 106 Å². The molecular weight excluding hydrogens is 544 g/mol. The first-order chi connectivity index (χ1) is 17.8. The molecule has 0 aromatic heterocycles. The number of ether oxygens (including phenoxy) is 3. The number of nitrogens with zero attached hydrogens (tertiary/aromatic N) is 2. The Bertz CT molecular complexity index is 1060. The zero-order valence-electron chi connectivity index (χ0n) is 21.0. The summed E-state index contributed by atoms with van der Waals surface area (Å²) in [5, 5.41) is 10.2. The average molecular weight is 577 g/mol. The fourth-order valence-corrected chi connectivity index (χ4v) is 6.96. The van der Waals surface area contributed by atoms with E-state index in [0.29, 0.717) is 24.3 Å². The molecule has 3 aliphatic heterocycles. The third-order valence-electron chi connectivity index (χ3n) is 7.61. The van der Waals surface area contributed by atoms with Crippen molar-refractivity contribution in [3.63, 3.8) is 0 Å². The normalized spacial score (nSPS) is 30.5. The lowest BCUT2D eigenvalue weighted by molar-refractivity contribution is -0.154. The van der Waals surface area contributed by atoms with Crippen LogP contribution in [0.3, 0.4) is 0 Å². The number of hydrogen-bond acceptors (Lipinski definition) is 7. The number of carbonyl (C=O) groups is 3. The van der Waals surface area contributed by atoms with Gasteiger partial charge in [-0.2, -0.15) is 0 Å². The van der Waals surface area contributed by atoms with E-state index in [0.717, 1.165) is 0 Å². The highest BCUT2D eigenvalue weighted by atomic mass is 79.9. The number of fused-ring (bicyclic) bond motifs is 1. The zero-order chi connectivity index (χ0) is 26.9. The number of hydrogen-bond donors (Lipinski definition) is 1. The Balaban J connectivity index is 1.81. The van der Waals surface area contributed by atoms with Crippen molar-refractivity contribution in [3.8, 4) is 5.75 Å². The first-order valence-electron chi connectivity index (χ1n) is 12.4. The summed E-state index contributed by atoms with van der Waals surface area (Å²) >= 11 is 3.63. The molecule has 2 bridgehead atoms. The molecule has 2 amide bonds. The van der Waals surface area contributed by atoms with Gasteiger partial charge in [0.15, 0.2) is 0 Å². The van der Waals surface area contributed by atoms with Crippen LogP contribution in [-0.2, 0) is 23.9 Å². The van der Waals surface area contributed by atoms with Crippen LogP contribution in [0.25, 0.3) is 0 Å². The molecule has 3 unspecified atom stereocenters. The molecule has 3 fully saturated rings. The number of esters is 1. The van der Waals surface area contributed by atoms with E-state index in [1.165, 1.54) is 11.0 Å². The molecule has 1 aromatic rings. The van der Waals surface area contributed by atoms with Crippen molar-refractivity contribution < 1.29 is 33.7 Å². The summed E-state index contributed by atoms with van der Waals surface area (Å²) in [5.74, 6) is -2.45. The van der Waals surface area contributed by atoms with Gasteiger partial charge >= 0.3 is 5.97 Å². The molecule has 1 aromatic carbocycles. The number of carbonyl (C=O) groups excluding carboxylic acids is 3. The van der Waals surface area contributed by atoms with Gasteiger partial charge in [-0.05, 0) is 37.1 Å². The van der Waals surface area contributed by atoms with Crippen LogP contribution in [0, 0.1) is 11.8 Å². The van der Waals surface area contributed by atoms with Crippen LogP contribution in [0.5, 0.6) is 5.75 Å². The third kappa shape index (κ3) is 4.38. The Morgan fingerprint density at radius 2 is 2.03 bits per heavy atom. The summed E-state index contributed by atoms with van der Waals surface area (Å²) in [7, 11) is 1.56. The van der Waals surface area contributed by atoms with Crippen LogP contribution in [0.1, 0.15) is 19.8 Å². The molecular formula is C27H33BrN2O7. The number of aliphatic hydroxyl groups excluding tert-OH is 1. The quantitative estimate of drug-likeness (QED) is 0.245. The number of anilines is 1. The number of rotatable bonds is 11. The molecule has 200 valence electrons. The molecule has 3 heterocycles. The Morgan fingerprint density at radius 3 is 2.59 bits per heavy atom. The predicted molar refractivity (Wildman–Crippen MR) is 140 cm³/mol. The monoisotopic (exact) mass is 576 g/mol. The molecule has 0 saturated carbocycles. The second-order valence-corrected chi connectivity index (χ2v) is 10.7. The largest absolute Gasteiger partial charge is 0.497 e. The van der Waals surface area contributed by atoms with E-state index in [2.05, 4.69) is 29.1 Å². The number of likely N-dealkylation sites (tertiary alicyclic amines) is 1. The molecule has 0 radical (unpaired) electrons. The van der Waals surface area contributed by atoms with Crippen molar-refractivity contribution in [2.45, 2.75) is 48.4 Å². The van der Waals surface area contributed by atoms with E-state index in [-0.39, 0.29) is 36.4 Å². The maximum atomic E-state index is 14.4. The van der Waals surface area contributed by atoms with Crippen LogP contribution in [0.2, 0.25) is 0 Å². The second-order valence-electron chi connectivity index (χ2n) is 9.51. The highest BCUT2D eigenvalue weighted by Crippen LogP contribution is 2.60. The summed E-state index contributed by atoms with van der Waals surface area (Å²) in [6.07, 6.45) is 3.23. The van der Waals surface area contributed by atoms with Gasteiger partial charge in [0.1, 0.15) is 24.0 Å². The lowest BCUT2D eigenvalue weighted by atomic mass is 9.70. The van der Waals surface area contributed by atoms with Gasteiger partial charge in [-0.3, -0.25) is 14.4 Å². The van der Waals surface area contributed by atoms with Crippen molar-refractivity contribution >= 4 is 39.4 Å². The highest BCUT2D eigenvalue weighted by molar-refractivity contribution is 9.09. The summed E-state index contributed by atoms with van der Waals surface area (Å²) < 4.78 is 17.1. The Hall–Kier alpha value is -2.69. The zero-order valence-corrected chi connectivity index (χ0v) is 22.6. The number of halogens is 1. The van der Waals surface area contributed by atoms with Gasteiger partial charge in [-0.15, -0.1) is 6.58 Å². The van der Waals surface area contributed by atoms with Crippen LogP contribution < -0.4 is 9.64 Å². The van der Waals surface area contributed by atoms with Crippen LogP contribution in [0.15, 0.2) is 49.6 Å². The SMILES string of the molecule is C=CCOC(=O)[C@H]1[C@@H]2OC3(CC2Br)C(C(=O)N(CC=C)c2ccc(OC)cc2)N([C@@H](CC)CO)C(=O)[C@H]13. The highest BCUT2D eigenvalue weighted by Gasteiger charge is 2.77. The fraction of sp³-hybridized carbons (Fsp3) is 0.519. The van der Waals surface area contributed by atoms with Crippen molar-refractivity contribution in [2.75, 3.05) is 31.8 Å². The Labute approximate surface area is 225 Å². The lowest BCUT2D eigenvalue weighted by Gasteiger charge is -2.39. The maximum absolute atomic E-state index is 14.4. The summed E-state index contributed by atoms with van der Waals surface area (Å²) in [5.41, 5.74) is -0.654. The minimum atomic E-state index is -1.25. The average Bonchev–Trinajstić information content (AvgIpc) is 3.50. The lowest BCUT2D eigenvalue weighted by Crippen LogP contribution is -2.59. The van der Waals surface area contributed by atoms with Gasteiger partial charge < -0.3 is 29.1 Å². The molecule has 3 aliphatic rings. The molecule has 3 saturated heterocycles. The summed E-state index contributed by atoms with van der Waals surface area (Å²) in [6, 6.07) is 5.34. The number of methoxy groups -OCH3 is 1. The van der Waals surface area contributed by atoms with Gasteiger partial charge in [-0.1, -0.05) is 41.6 Å². The van der Waals surface area contributed by atoms with Crippen molar-refractivity contribution in [1.29, 1.82) is 0 Å². The van der Waals surface area contributed by atoms with Gasteiger partial charge in [0, 0.05) is 17.1 Å². The molecule has 9 nitrogen and oxygen atoms in total. The first kappa shape index (κ1) is 27.3. The van der Waals surface area contributed by atoms with Gasteiger partial charge in [-0.25, -0.2) is 0 Å². The predicted octanol–water partition coefficient (Wildman–Crippen LogP) is 2.46. The maximum Gasteiger partial charge on any atom is 0.312 e. The molecule has 4 rings (SSSR count). The summed E-state index contributed by atoms with van der Waals surface area (Å²) in [4.78, 5) is 44.3. The van der Waals surface area contributed by atoms with Gasteiger partial charge in [0.2, 0.25) is 5.91 Å². The molecule has 10 heteroatoms. The summed E-state index contributed by atoms with van der Waals surface area (Å²) in [6.45, 7) is 9.10. The second kappa shape index (κ2) is 11.0. The standard InChI is InChI=1S/C27H33BrN2O7/c1-5-12-29(17-8-10-18(35-4)11-9-17)25(33)23-27-14-19(28)22(37-27)20(26(34)36-13-6-2)21(27)24(32)30(23)16(7-3)15-31/h5-6,8-11,16,19-23,31H,1-2,7,12-15H2,3-4H3/t16-,19?,20+,21-,22+,23?,27?/m0/s1. The van der Waals surface area contributed by atoms with Crippen molar-refractivity contribution in [3.05, 3.63) is 49.6 Å². The van der Waals surface area contributed by atoms with E-state index in [4.69, 9.17) is 14.2 Å². The van der Waals surface area contributed by atoms with Crippen LogP contribution in [-0.4, -0.2) is 83.3 Å². The van der Waals surface area contributed by atoms with Crippen LogP contribution >= 0.6 is 15.9 Å². The first-order valence-corrected chi connectivity index (χ1v) is 13.3. The third-order valence-corrected chi connectivity index (χ3v) is 8.46. The van der Waals surface area contributed by atoms with Crippen molar-refractivity contribution in [1.82, 2.24) is 4.90 Å². The minimum Gasteiger partial charge on any atom is -0.497 e. The van der Waals surface area contributed by atoms with E-state index in [1.807, 2.05) is 6.92 Å². The molecule has 1 N–H and O–H groups in total. The van der Waals surface area contributed by atoms with E-state index >= 15 is 0 Å². The molecule has 37 heavy (non-hydrogen) atoms. The molecule has 1 spiro atoms. The smallest absolute Gasteiger partial charge is 0.312 e. The fourth-order valence-electron chi connectivity index (χ4n) is 6.02. The Morgan fingerprint density at radius 1 is 1.32 bits per heavy atom. The van der Waals surface area contributed by atoms with Crippen LogP contribution in [0.4, 0.5) is 5.69 Å². The van der Waals surface area contributed by atoms with Gasteiger partial charge in [0.05, 0.1) is 37.7 Å². The number of amides is 2. The number of aliphatic hydroxyl groups is 1. The Kier molecular flexibility index (Phi) is 8.11. The minimum absolute atomic E-state index is 0.00773. The van der Waals surface area contributed by atoms with E-state index < -0.39 is 41.6 Å². The number of benzene rings is 1. The van der Waals surface area contributed by atoms with E-state index in [9.17, 15) is 19.5 Å². The van der Waals surface area contributed by atoms with E-state index in [1.54, 1.807) is 42.4 Å². The molecule has 7 atom stereocenters. The molecule has 0 aliphatic carbocycles.